The highest BCUT2D eigenvalue weighted by Gasteiger charge is 2.19. The number of nitro benzene ring substituents is 1. The van der Waals surface area contributed by atoms with Crippen molar-refractivity contribution in [3.63, 3.8) is 0 Å². The Morgan fingerprint density at radius 3 is 2.37 bits per heavy atom. The van der Waals surface area contributed by atoms with Crippen LogP contribution in [0.15, 0.2) is 66.7 Å². The fourth-order valence-electron chi connectivity index (χ4n) is 3.50. The highest BCUT2D eigenvalue weighted by Crippen LogP contribution is 2.28. The van der Waals surface area contributed by atoms with Crippen molar-refractivity contribution in [3.05, 3.63) is 88.1 Å². The number of anilines is 1. The lowest BCUT2D eigenvalue weighted by atomic mass is 9.98. The summed E-state index contributed by atoms with van der Waals surface area (Å²) < 4.78 is 2.18. The molecule has 27 heavy (non-hydrogen) atoms. The normalized spacial score (nSPS) is 10.7. The van der Waals surface area contributed by atoms with Crippen LogP contribution in [0.3, 0.4) is 0 Å². The standard InChI is InChI=1S/C21H18N3O2.ClH/c1-23-20-5-3-2-4-18(20)17-11-8-15(22)13-19(17)21(23)12-14-6-9-16(10-7-14)24(25)26;/h2-11,13H,12,22H2,1H3;1H/q+1;/p-1. The van der Waals surface area contributed by atoms with Crippen LogP contribution in [0.5, 0.6) is 0 Å². The van der Waals surface area contributed by atoms with E-state index >= 15 is 0 Å². The van der Waals surface area contributed by atoms with E-state index in [9.17, 15) is 10.1 Å². The van der Waals surface area contributed by atoms with Crippen LogP contribution in [0.4, 0.5) is 11.4 Å². The predicted octanol–water partition coefficient (Wildman–Crippen LogP) is 0.903. The molecule has 0 saturated heterocycles. The summed E-state index contributed by atoms with van der Waals surface area (Å²) >= 11 is 0. The lowest BCUT2D eigenvalue weighted by Gasteiger charge is -2.10. The second-order valence-corrected chi connectivity index (χ2v) is 6.43. The first-order chi connectivity index (χ1) is 12.5. The Balaban J connectivity index is 0.00000210. The fourth-order valence-corrected chi connectivity index (χ4v) is 3.50. The van der Waals surface area contributed by atoms with Crippen LogP contribution in [0.25, 0.3) is 21.7 Å². The van der Waals surface area contributed by atoms with Gasteiger partial charge < -0.3 is 18.1 Å². The molecule has 6 heteroatoms. The van der Waals surface area contributed by atoms with Gasteiger partial charge in [-0.15, -0.1) is 0 Å². The highest BCUT2D eigenvalue weighted by molar-refractivity contribution is 6.05. The number of pyridine rings is 1. The van der Waals surface area contributed by atoms with Gasteiger partial charge in [-0.05, 0) is 23.8 Å². The number of rotatable bonds is 3. The molecule has 0 saturated carbocycles. The number of hydrogen-bond acceptors (Lipinski definition) is 3. The molecule has 136 valence electrons. The number of hydrogen-bond donors (Lipinski definition) is 1. The molecular formula is C21H18ClN3O2. The summed E-state index contributed by atoms with van der Waals surface area (Å²) in [5.41, 5.74) is 10.2. The Kier molecular flexibility index (Phi) is 4.97. The number of aryl methyl sites for hydroxylation is 1. The number of non-ortho nitro benzene ring substituents is 1. The van der Waals surface area contributed by atoms with Gasteiger partial charge in [0.2, 0.25) is 5.52 Å². The number of nitrogens with two attached hydrogens (primary N) is 1. The first-order valence-electron chi connectivity index (χ1n) is 8.37. The van der Waals surface area contributed by atoms with Crippen molar-refractivity contribution in [3.8, 4) is 0 Å². The van der Waals surface area contributed by atoms with Gasteiger partial charge in [-0.25, -0.2) is 0 Å². The summed E-state index contributed by atoms with van der Waals surface area (Å²) in [6, 6.07) is 21.0. The second kappa shape index (κ2) is 7.21. The zero-order chi connectivity index (χ0) is 18.3. The molecule has 0 amide bonds. The molecule has 0 aliphatic carbocycles. The molecule has 2 N–H and O–H groups in total. The van der Waals surface area contributed by atoms with Gasteiger partial charge in [0.15, 0.2) is 5.69 Å². The molecule has 0 aliphatic rings. The first kappa shape index (κ1) is 18.6. The van der Waals surface area contributed by atoms with E-state index < -0.39 is 0 Å². The van der Waals surface area contributed by atoms with Crippen molar-refractivity contribution in [1.82, 2.24) is 0 Å². The molecule has 3 aromatic carbocycles. The molecule has 1 aromatic heterocycles. The maximum Gasteiger partial charge on any atom is 0.269 e. The average Bonchev–Trinajstić information content (AvgIpc) is 2.65. The fraction of sp³-hybridized carbons (Fsp3) is 0.0952. The molecular weight excluding hydrogens is 362 g/mol. The summed E-state index contributed by atoms with van der Waals surface area (Å²) in [6.45, 7) is 0. The lowest BCUT2D eigenvalue weighted by Crippen LogP contribution is -3.00. The number of aromatic nitrogens is 1. The van der Waals surface area contributed by atoms with E-state index in [-0.39, 0.29) is 23.0 Å². The van der Waals surface area contributed by atoms with Crippen LogP contribution >= 0.6 is 0 Å². The molecule has 0 aliphatic heterocycles. The third-order valence-electron chi connectivity index (χ3n) is 4.83. The predicted molar refractivity (Wildman–Crippen MR) is 103 cm³/mol. The molecule has 0 spiro atoms. The summed E-state index contributed by atoms with van der Waals surface area (Å²) in [4.78, 5) is 10.5. The maximum atomic E-state index is 10.9. The Morgan fingerprint density at radius 1 is 0.963 bits per heavy atom. The number of nitrogen functional groups attached to an aromatic ring is 1. The molecule has 0 radical (unpaired) electrons. The van der Waals surface area contributed by atoms with Crippen LogP contribution in [0, 0.1) is 10.1 Å². The topological polar surface area (TPSA) is 73.0 Å². The quantitative estimate of drug-likeness (QED) is 0.189. The Bertz CT molecular complexity index is 1160. The van der Waals surface area contributed by atoms with Gasteiger partial charge in [-0.3, -0.25) is 10.1 Å². The van der Waals surface area contributed by atoms with Gasteiger partial charge in [-0.2, -0.15) is 4.57 Å². The summed E-state index contributed by atoms with van der Waals surface area (Å²) in [6.07, 6.45) is 0.666. The second-order valence-electron chi connectivity index (χ2n) is 6.43. The van der Waals surface area contributed by atoms with Crippen LogP contribution < -0.4 is 22.7 Å². The van der Waals surface area contributed by atoms with E-state index in [0.717, 1.165) is 33.2 Å². The summed E-state index contributed by atoms with van der Waals surface area (Å²) in [5, 5.41) is 14.3. The number of para-hydroxylation sites is 1. The number of nitro groups is 1. The smallest absolute Gasteiger partial charge is 0.269 e. The maximum absolute atomic E-state index is 10.9. The van der Waals surface area contributed by atoms with Crippen molar-refractivity contribution in [1.29, 1.82) is 0 Å². The minimum atomic E-state index is -0.379. The number of benzene rings is 3. The van der Waals surface area contributed by atoms with Gasteiger partial charge in [0.25, 0.3) is 5.69 Å². The van der Waals surface area contributed by atoms with E-state index in [2.05, 4.69) is 22.8 Å². The minimum Gasteiger partial charge on any atom is -1.00 e. The molecule has 4 rings (SSSR count). The first-order valence-corrected chi connectivity index (χ1v) is 8.37. The summed E-state index contributed by atoms with van der Waals surface area (Å²) in [5.74, 6) is 0. The van der Waals surface area contributed by atoms with Crippen molar-refractivity contribution in [2.24, 2.45) is 7.05 Å². The third kappa shape index (κ3) is 3.29. The van der Waals surface area contributed by atoms with Gasteiger partial charge in [0.05, 0.1) is 22.1 Å². The van der Waals surface area contributed by atoms with Gasteiger partial charge in [0.1, 0.15) is 7.05 Å². The highest BCUT2D eigenvalue weighted by atomic mass is 35.5. The van der Waals surface area contributed by atoms with Crippen molar-refractivity contribution >= 4 is 33.1 Å². The summed E-state index contributed by atoms with van der Waals surface area (Å²) in [7, 11) is 2.05. The van der Waals surface area contributed by atoms with Gasteiger partial charge in [-0.1, -0.05) is 30.3 Å². The Labute approximate surface area is 162 Å². The van der Waals surface area contributed by atoms with E-state index in [1.165, 1.54) is 5.39 Å². The zero-order valence-corrected chi connectivity index (χ0v) is 15.5. The van der Waals surface area contributed by atoms with E-state index in [4.69, 9.17) is 5.73 Å². The van der Waals surface area contributed by atoms with Crippen LogP contribution in [0.1, 0.15) is 11.3 Å². The van der Waals surface area contributed by atoms with E-state index in [1.54, 1.807) is 12.1 Å². The minimum absolute atomic E-state index is 0. The van der Waals surface area contributed by atoms with E-state index in [1.807, 2.05) is 43.4 Å². The molecule has 5 nitrogen and oxygen atoms in total. The molecule has 0 atom stereocenters. The number of halogens is 1. The number of fused-ring (bicyclic) bond motifs is 3. The molecule has 1 heterocycles. The lowest BCUT2D eigenvalue weighted by molar-refractivity contribution is -0.651. The Morgan fingerprint density at radius 2 is 1.67 bits per heavy atom. The van der Waals surface area contributed by atoms with Crippen molar-refractivity contribution in [2.75, 3.05) is 5.73 Å². The van der Waals surface area contributed by atoms with E-state index in [0.29, 0.717) is 6.42 Å². The van der Waals surface area contributed by atoms with Gasteiger partial charge in [0, 0.05) is 29.3 Å². The molecule has 0 unspecified atom stereocenters. The van der Waals surface area contributed by atoms with Crippen molar-refractivity contribution < 1.29 is 21.9 Å². The molecule has 0 bridgehead atoms. The third-order valence-corrected chi connectivity index (χ3v) is 4.83. The molecule has 4 aromatic rings. The number of nitrogens with zero attached hydrogens (tertiary/aromatic N) is 2. The van der Waals surface area contributed by atoms with Crippen molar-refractivity contribution in [2.45, 2.75) is 6.42 Å². The SMILES string of the molecule is C[n+]1c(Cc2ccc([N+](=O)[O-])cc2)c2cc(N)ccc2c2ccccc21.[Cl-]. The largest absolute Gasteiger partial charge is 1.00 e. The van der Waals surface area contributed by atoms with Crippen LogP contribution in [-0.4, -0.2) is 4.92 Å². The molecule has 0 fully saturated rings. The Hall–Kier alpha value is -3.18. The monoisotopic (exact) mass is 379 g/mol. The average molecular weight is 380 g/mol. The van der Waals surface area contributed by atoms with Crippen LogP contribution in [-0.2, 0) is 13.5 Å². The van der Waals surface area contributed by atoms with Crippen LogP contribution in [0.2, 0.25) is 0 Å². The van der Waals surface area contributed by atoms with Gasteiger partial charge >= 0.3 is 0 Å². The zero-order valence-electron chi connectivity index (χ0n) is 14.7.